The van der Waals surface area contributed by atoms with Crippen LogP contribution in [0, 0.1) is 17.7 Å². The Morgan fingerprint density at radius 3 is 2.53 bits per heavy atom. The van der Waals surface area contributed by atoms with Crippen molar-refractivity contribution in [2.75, 3.05) is 16.6 Å². The number of hydrogen-bond donors (Lipinski definition) is 3. The van der Waals surface area contributed by atoms with Crippen LogP contribution < -0.4 is 15.8 Å². The van der Waals surface area contributed by atoms with E-state index >= 15 is 0 Å². The molecule has 0 bridgehead atoms. The van der Waals surface area contributed by atoms with Crippen molar-refractivity contribution in [3.8, 4) is 0 Å². The molecule has 0 amide bonds. The van der Waals surface area contributed by atoms with Crippen LogP contribution in [-0.4, -0.2) is 30.4 Å². The lowest BCUT2D eigenvalue weighted by Gasteiger charge is -2.22. The molecule has 180 valence electrons. The summed E-state index contributed by atoms with van der Waals surface area (Å²) < 4.78 is 45.2. The van der Waals surface area contributed by atoms with E-state index in [0.717, 1.165) is 62.2 Å². The highest BCUT2D eigenvalue weighted by molar-refractivity contribution is 7.93. The number of nitrogens with two attached hydrogens (primary N) is 1. The summed E-state index contributed by atoms with van der Waals surface area (Å²) in [4.78, 5) is 3.21. The molecule has 2 atom stereocenters. The fraction of sp³-hybridized carbons (Fsp3) is 0.619. The molecule has 1 aromatic carbocycles. The Morgan fingerprint density at radius 1 is 1.19 bits per heavy atom. The molecular weight excluding hydrogens is 473 g/mol. The van der Waals surface area contributed by atoms with E-state index in [9.17, 15) is 12.8 Å². The molecule has 0 unspecified atom stereocenters. The number of aromatic nitrogens is 2. The van der Waals surface area contributed by atoms with Crippen molar-refractivity contribution < 1.29 is 12.8 Å². The van der Waals surface area contributed by atoms with Crippen LogP contribution in [0.1, 0.15) is 59.3 Å². The summed E-state index contributed by atoms with van der Waals surface area (Å²) in [6.07, 6.45) is 7.71. The molecule has 11 heteroatoms. The Labute approximate surface area is 199 Å². The number of hydrogen-bond acceptors (Lipinski definition) is 7. The standard InChI is InChI=1S/C21H33ClFN5O2S2/c1-14(2)10-16(15(3)24)8-6-4-5-7-9-25-19-12-18(23)20(11-17(19)22)32(29,30)28-21-26-13-27-31-21/h11-16,25H,4-10,24H2,1-3H3,(H,26,27,28)/t15-,16-/m1/s1. The molecule has 0 saturated carbocycles. The van der Waals surface area contributed by atoms with Gasteiger partial charge in [0, 0.05) is 24.1 Å². The van der Waals surface area contributed by atoms with Crippen LogP contribution in [-0.2, 0) is 10.0 Å². The first-order chi connectivity index (χ1) is 15.1. The largest absolute Gasteiger partial charge is 0.384 e. The first kappa shape index (κ1) is 26.8. The zero-order valence-electron chi connectivity index (χ0n) is 18.8. The molecule has 0 saturated heterocycles. The Bertz CT molecular complexity index is 940. The minimum Gasteiger partial charge on any atom is -0.384 e. The quantitative estimate of drug-likeness (QED) is 0.292. The van der Waals surface area contributed by atoms with Gasteiger partial charge in [0.05, 0.1) is 10.7 Å². The molecule has 1 aromatic heterocycles. The van der Waals surface area contributed by atoms with Crippen molar-refractivity contribution in [3.05, 3.63) is 29.3 Å². The summed E-state index contributed by atoms with van der Waals surface area (Å²) in [5.74, 6) is 0.328. The smallest absolute Gasteiger partial charge is 0.266 e. The van der Waals surface area contributed by atoms with Gasteiger partial charge >= 0.3 is 0 Å². The van der Waals surface area contributed by atoms with E-state index < -0.39 is 20.7 Å². The molecule has 7 nitrogen and oxygen atoms in total. The van der Waals surface area contributed by atoms with E-state index in [1.807, 2.05) is 0 Å². The van der Waals surface area contributed by atoms with Crippen molar-refractivity contribution in [1.82, 2.24) is 9.36 Å². The predicted octanol–water partition coefficient (Wildman–Crippen LogP) is 5.50. The Balaban J connectivity index is 1.80. The molecule has 4 N–H and O–H groups in total. The van der Waals surface area contributed by atoms with Crippen molar-refractivity contribution in [2.24, 2.45) is 17.6 Å². The van der Waals surface area contributed by atoms with E-state index in [1.54, 1.807) is 0 Å². The van der Waals surface area contributed by atoms with Crippen LogP contribution >= 0.6 is 23.1 Å². The first-order valence-corrected chi connectivity index (χ1v) is 13.5. The van der Waals surface area contributed by atoms with Gasteiger partial charge in [0.25, 0.3) is 10.0 Å². The average molecular weight is 506 g/mol. The normalized spacial score (nSPS) is 13.8. The SMILES string of the molecule is CC(C)C[C@@H](CCCCCCNc1cc(F)c(S(=O)(=O)Nc2ncns2)cc1Cl)[C@@H](C)N. The highest BCUT2D eigenvalue weighted by Crippen LogP contribution is 2.29. The maximum Gasteiger partial charge on any atom is 0.266 e. The molecule has 0 radical (unpaired) electrons. The third-order valence-electron chi connectivity index (χ3n) is 5.23. The van der Waals surface area contributed by atoms with Crippen molar-refractivity contribution >= 4 is 44.0 Å². The van der Waals surface area contributed by atoms with Crippen molar-refractivity contribution in [3.63, 3.8) is 0 Å². The van der Waals surface area contributed by atoms with Gasteiger partial charge in [0.1, 0.15) is 17.0 Å². The van der Waals surface area contributed by atoms with Crippen LogP contribution in [0.5, 0.6) is 0 Å². The molecule has 32 heavy (non-hydrogen) atoms. The topological polar surface area (TPSA) is 110 Å². The van der Waals surface area contributed by atoms with Crippen LogP contribution in [0.25, 0.3) is 0 Å². The van der Waals surface area contributed by atoms with Crippen LogP contribution in [0.3, 0.4) is 0 Å². The highest BCUT2D eigenvalue weighted by atomic mass is 35.5. The molecule has 0 spiro atoms. The lowest BCUT2D eigenvalue weighted by Crippen LogP contribution is -2.27. The fourth-order valence-electron chi connectivity index (χ4n) is 3.57. The van der Waals surface area contributed by atoms with E-state index in [4.69, 9.17) is 17.3 Å². The second-order valence-electron chi connectivity index (χ2n) is 8.49. The molecule has 2 aromatic rings. The minimum absolute atomic E-state index is 0.0548. The summed E-state index contributed by atoms with van der Waals surface area (Å²) in [6.45, 7) is 7.16. The van der Waals surface area contributed by atoms with Gasteiger partial charge in [0.15, 0.2) is 0 Å². The molecule has 0 aliphatic carbocycles. The number of nitrogens with one attached hydrogen (secondary N) is 2. The third-order valence-corrected chi connectivity index (χ3v) is 7.60. The summed E-state index contributed by atoms with van der Waals surface area (Å²) in [7, 11) is -4.15. The lowest BCUT2D eigenvalue weighted by atomic mass is 9.87. The summed E-state index contributed by atoms with van der Waals surface area (Å²) in [5.41, 5.74) is 6.48. The highest BCUT2D eigenvalue weighted by Gasteiger charge is 2.22. The predicted molar refractivity (Wildman–Crippen MR) is 130 cm³/mol. The molecule has 0 aliphatic rings. The van der Waals surface area contributed by atoms with E-state index in [-0.39, 0.29) is 16.2 Å². The number of nitrogens with zero attached hydrogens (tertiary/aromatic N) is 2. The Morgan fingerprint density at radius 2 is 1.91 bits per heavy atom. The van der Waals surface area contributed by atoms with E-state index in [1.165, 1.54) is 6.33 Å². The maximum atomic E-state index is 14.5. The van der Waals surface area contributed by atoms with Gasteiger partial charge in [-0.2, -0.15) is 4.37 Å². The van der Waals surface area contributed by atoms with Crippen LogP contribution in [0.15, 0.2) is 23.4 Å². The molecule has 0 fully saturated rings. The third kappa shape index (κ3) is 8.46. The van der Waals surface area contributed by atoms with Gasteiger partial charge in [-0.15, -0.1) is 0 Å². The Kier molecular flexibility index (Phi) is 10.6. The van der Waals surface area contributed by atoms with E-state index in [0.29, 0.717) is 24.1 Å². The minimum atomic E-state index is -4.15. The van der Waals surface area contributed by atoms with Gasteiger partial charge in [-0.1, -0.05) is 44.7 Å². The molecule has 2 rings (SSSR count). The zero-order chi connectivity index (χ0) is 23.7. The van der Waals surface area contributed by atoms with Gasteiger partial charge in [-0.05, 0) is 50.2 Å². The second kappa shape index (κ2) is 12.7. The van der Waals surface area contributed by atoms with Crippen LogP contribution in [0.4, 0.5) is 15.2 Å². The number of halogens is 2. The van der Waals surface area contributed by atoms with Gasteiger partial charge in [0.2, 0.25) is 5.13 Å². The maximum absolute atomic E-state index is 14.5. The van der Waals surface area contributed by atoms with Gasteiger partial charge in [-0.25, -0.2) is 17.8 Å². The van der Waals surface area contributed by atoms with Gasteiger partial charge in [-0.3, -0.25) is 4.72 Å². The van der Waals surface area contributed by atoms with Gasteiger partial charge < -0.3 is 11.1 Å². The summed E-state index contributed by atoms with van der Waals surface area (Å²) in [5, 5.41) is 3.29. The number of rotatable bonds is 14. The molecular formula is C21H33ClFN5O2S2. The first-order valence-electron chi connectivity index (χ1n) is 10.9. The number of sulfonamides is 1. The number of anilines is 2. The van der Waals surface area contributed by atoms with Crippen molar-refractivity contribution in [1.29, 1.82) is 0 Å². The summed E-state index contributed by atoms with van der Waals surface area (Å²) in [6, 6.07) is 2.43. The number of unbranched alkanes of at least 4 members (excludes halogenated alkanes) is 3. The summed E-state index contributed by atoms with van der Waals surface area (Å²) >= 11 is 7.06. The van der Waals surface area contributed by atoms with Crippen LogP contribution in [0.2, 0.25) is 5.02 Å². The zero-order valence-corrected chi connectivity index (χ0v) is 21.2. The fourth-order valence-corrected chi connectivity index (χ4v) is 5.61. The molecule has 1 heterocycles. The monoisotopic (exact) mass is 505 g/mol. The molecule has 0 aliphatic heterocycles. The van der Waals surface area contributed by atoms with Crippen molar-refractivity contribution in [2.45, 2.75) is 70.2 Å². The average Bonchev–Trinajstić information content (AvgIpc) is 3.20. The Hall–Kier alpha value is -1.49. The van der Waals surface area contributed by atoms with E-state index in [2.05, 4.69) is 40.2 Å². The number of benzene rings is 1. The second-order valence-corrected chi connectivity index (χ2v) is 11.3. The lowest BCUT2D eigenvalue weighted by molar-refractivity contribution is 0.328.